The lowest BCUT2D eigenvalue weighted by molar-refractivity contribution is 0.412. The predicted molar refractivity (Wildman–Crippen MR) is 86.2 cm³/mol. The van der Waals surface area contributed by atoms with Crippen molar-refractivity contribution < 1.29 is 4.74 Å². The quantitative estimate of drug-likeness (QED) is 0.672. The van der Waals surface area contributed by atoms with Crippen LogP contribution >= 0.6 is 11.6 Å². The molecule has 3 rings (SSSR count). The summed E-state index contributed by atoms with van der Waals surface area (Å²) >= 11 is 6.15. The molecule has 0 N–H and O–H groups in total. The van der Waals surface area contributed by atoms with Crippen LogP contribution in [0.4, 0.5) is 0 Å². The van der Waals surface area contributed by atoms with E-state index in [9.17, 15) is 0 Å². The van der Waals surface area contributed by atoms with Gasteiger partial charge in [-0.3, -0.25) is 0 Å². The van der Waals surface area contributed by atoms with Gasteiger partial charge in [0.05, 0.1) is 24.4 Å². The number of aryl methyl sites for hydroxylation is 2. The summed E-state index contributed by atoms with van der Waals surface area (Å²) < 4.78 is 7.37. The van der Waals surface area contributed by atoms with Crippen LogP contribution in [0.25, 0.3) is 16.9 Å². The van der Waals surface area contributed by atoms with E-state index < -0.39 is 0 Å². The van der Waals surface area contributed by atoms with Crippen molar-refractivity contribution in [3.8, 4) is 17.0 Å². The summed E-state index contributed by atoms with van der Waals surface area (Å²) in [5.41, 5.74) is 6.20. The highest BCUT2D eigenvalue weighted by atomic mass is 35.5. The molecule has 0 saturated carbocycles. The van der Waals surface area contributed by atoms with Crippen molar-refractivity contribution in [1.29, 1.82) is 0 Å². The molecule has 0 saturated heterocycles. The molecule has 1 aromatic carbocycles. The SMILES string of the molecule is COc1ccc(-c2nc3cc(C)ccn3c2CCl)cc1C. The van der Waals surface area contributed by atoms with Crippen molar-refractivity contribution in [3.05, 3.63) is 53.3 Å². The molecule has 0 aliphatic rings. The highest BCUT2D eigenvalue weighted by molar-refractivity contribution is 6.17. The normalized spacial score (nSPS) is 11.0. The fraction of sp³-hybridized carbons (Fsp3) is 0.235. The number of benzene rings is 1. The number of fused-ring (bicyclic) bond motifs is 1. The van der Waals surface area contributed by atoms with Gasteiger partial charge in [0.2, 0.25) is 0 Å². The van der Waals surface area contributed by atoms with E-state index in [0.29, 0.717) is 5.88 Å². The van der Waals surface area contributed by atoms with Crippen molar-refractivity contribution in [1.82, 2.24) is 9.38 Å². The summed E-state index contributed by atoms with van der Waals surface area (Å²) in [6, 6.07) is 10.2. The van der Waals surface area contributed by atoms with Gasteiger partial charge >= 0.3 is 0 Å². The van der Waals surface area contributed by atoms with E-state index >= 15 is 0 Å². The lowest BCUT2D eigenvalue weighted by atomic mass is 10.1. The van der Waals surface area contributed by atoms with Gasteiger partial charge in [-0.1, -0.05) is 0 Å². The van der Waals surface area contributed by atoms with Crippen LogP contribution in [0.2, 0.25) is 0 Å². The zero-order chi connectivity index (χ0) is 15.0. The van der Waals surface area contributed by atoms with Gasteiger partial charge in [-0.15, -0.1) is 11.6 Å². The van der Waals surface area contributed by atoms with Crippen LogP contribution in [0, 0.1) is 13.8 Å². The minimum atomic E-state index is 0.421. The van der Waals surface area contributed by atoms with E-state index in [1.807, 2.05) is 25.3 Å². The summed E-state index contributed by atoms with van der Waals surface area (Å²) in [7, 11) is 1.68. The van der Waals surface area contributed by atoms with Crippen LogP contribution < -0.4 is 4.74 Å². The number of pyridine rings is 1. The number of rotatable bonds is 3. The van der Waals surface area contributed by atoms with Crippen LogP contribution in [0.5, 0.6) is 5.75 Å². The molecule has 0 aliphatic carbocycles. The molecule has 3 nitrogen and oxygen atoms in total. The predicted octanol–water partition coefficient (Wildman–Crippen LogP) is 4.37. The first-order valence-corrected chi connectivity index (χ1v) is 7.36. The van der Waals surface area contributed by atoms with Crippen LogP contribution in [-0.4, -0.2) is 16.5 Å². The topological polar surface area (TPSA) is 26.5 Å². The third-order valence-corrected chi connectivity index (χ3v) is 3.93. The fourth-order valence-electron chi connectivity index (χ4n) is 2.58. The molecule has 0 atom stereocenters. The van der Waals surface area contributed by atoms with Gasteiger partial charge in [-0.25, -0.2) is 4.98 Å². The molecule has 0 fully saturated rings. The molecule has 108 valence electrons. The lowest BCUT2D eigenvalue weighted by Gasteiger charge is -2.07. The molecule has 0 bridgehead atoms. The van der Waals surface area contributed by atoms with E-state index in [4.69, 9.17) is 21.3 Å². The number of hydrogen-bond acceptors (Lipinski definition) is 2. The Balaban J connectivity index is 2.21. The Morgan fingerprint density at radius 2 is 2.00 bits per heavy atom. The van der Waals surface area contributed by atoms with Crippen molar-refractivity contribution in [3.63, 3.8) is 0 Å². The first-order valence-electron chi connectivity index (χ1n) is 6.82. The Bertz CT molecular complexity index is 808. The van der Waals surface area contributed by atoms with Gasteiger partial charge < -0.3 is 9.14 Å². The smallest absolute Gasteiger partial charge is 0.137 e. The molecule has 3 aromatic rings. The standard InChI is InChI=1S/C17H17ClN2O/c1-11-6-7-20-14(10-18)17(19-16(20)8-11)13-4-5-15(21-3)12(2)9-13/h4-9H,10H2,1-3H3. The maximum absolute atomic E-state index is 6.15. The van der Waals surface area contributed by atoms with Gasteiger partial charge in [-0.2, -0.15) is 0 Å². The minimum Gasteiger partial charge on any atom is -0.496 e. The monoisotopic (exact) mass is 300 g/mol. The second-order valence-corrected chi connectivity index (χ2v) is 5.42. The summed E-state index contributed by atoms with van der Waals surface area (Å²) in [5.74, 6) is 1.30. The average molecular weight is 301 g/mol. The van der Waals surface area contributed by atoms with Crippen LogP contribution in [0.15, 0.2) is 36.5 Å². The highest BCUT2D eigenvalue weighted by Crippen LogP contribution is 2.29. The Kier molecular flexibility index (Phi) is 3.60. The van der Waals surface area contributed by atoms with E-state index in [-0.39, 0.29) is 0 Å². The first-order chi connectivity index (χ1) is 10.1. The van der Waals surface area contributed by atoms with Crippen LogP contribution in [-0.2, 0) is 5.88 Å². The molecule has 0 unspecified atom stereocenters. The van der Waals surface area contributed by atoms with E-state index in [1.54, 1.807) is 7.11 Å². The Hall–Kier alpha value is -2.00. The molecule has 0 amide bonds. The summed E-state index contributed by atoms with van der Waals surface area (Å²) in [6.45, 7) is 4.09. The molecule has 4 heteroatoms. The van der Waals surface area contributed by atoms with Gasteiger partial charge in [-0.05, 0) is 55.3 Å². The highest BCUT2D eigenvalue weighted by Gasteiger charge is 2.14. The Morgan fingerprint density at radius 3 is 2.67 bits per heavy atom. The number of alkyl halides is 1. The lowest BCUT2D eigenvalue weighted by Crippen LogP contribution is -1.92. The second-order valence-electron chi connectivity index (χ2n) is 5.16. The number of imidazole rings is 1. The number of nitrogens with zero attached hydrogens (tertiary/aromatic N) is 2. The maximum Gasteiger partial charge on any atom is 0.137 e. The molecule has 2 aromatic heterocycles. The van der Waals surface area contributed by atoms with Crippen molar-refractivity contribution in [2.24, 2.45) is 0 Å². The molecule has 0 spiro atoms. The van der Waals surface area contributed by atoms with Crippen molar-refractivity contribution in [2.75, 3.05) is 7.11 Å². The van der Waals surface area contributed by atoms with E-state index in [1.165, 1.54) is 5.56 Å². The molecule has 21 heavy (non-hydrogen) atoms. The molecule has 0 radical (unpaired) electrons. The maximum atomic E-state index is 6.15. The molecular weight excluding hydrogens is 284 g/mol. The third-order valence-electron chi connectivity index (χ3n) is 3.68. The van der Waals surface area contributed by atoms with Gasteiger partial charge in [0.15, 0.2) is 0 Å². The number of halogens is 1. The van der Waals surface area contributed by atoms with E-state index in [2.05, 4.69) is 29.5 Å². The second kappa shape index (κ2) is 5.41. The van der Waals surface area contributed by atoms with Crippen LogP contribution in [0.1, 0.15) is 16.8 Å². The summed E-state index contributed by atoms with van der Waals surface area (Å²) in [4.78, 5) is 4.75. The third kappa shape index (κ3) is 2.38. The zero-order valence-corrected chi connectivity index (χ0v) is 13.1. The fourth-order valence-corrected chi connectivity index (χ4v) is 2.84. The Labute approximate surface area is 129 Å². The minimum absolute atomic E-state index is 0.421. The number of ether oxygens (including phenoxy) is 1. The number of methoxy groups -OCH3 is 1. The van der Waals surface area contributed by atoms with Crippen LogP contribution in [0.3, 0.4) is 0 Å². The van der Waals surface area contributed by atoms with Crippen molar-refractivity contribution >= 4 is 17.2 Å². The number of hydrogen-bond donors (Lipinski definition) is 0. The van der Waals surface area contributed by atoms with Gasteiger partial charge in [0.1, 0.15) is 11.4 Å². The first kappa shape index (κ1) is 14.0. The van der Waals surface area contributed by atoms with Crippen molar-refractivity contribution in [2.45, 2.75) is 19.7 Å². The molecule has 2 heterocycles. The number of aromatic nitrogens is 2. The summed E-state index contributed by atoms with van der Waals surface area (Å²) in [5, 5.41) is 0. The molecule has 0 aliphatic heterocycles. The zero-order valence-electron chi connectivity index (χ0n) is 12.4. The molecular formula is C17H17ClN2O. The Morgan fingerprint density at radius 1 is 1.19 bits per heavy atom. The van der Waals surface area contributed by atoms with E-state index in [0.717, 1.165) is 33.9 Å². The van der Waals surface area contributed by atoms with Gasteiger partial charge in [0.25, 0.3) is 0 Å². The van der Waals surface area contributed by atoms with Gasteiger partial charge in [0, 0.05) is 11.8 Å². The summed E-state index contributed by atoms with van der Waals surface area (Å²) in [6.07, 6.45) is 2.02. The average Bonchev–Trinajstić information content (AvgIpc) is 2.84. The largest absolute Gasteiger partial charge is 0.496 e.